The lowest BCUT2D eigenvalue weighted by molar-refractivity contribution is 0.0869. The van der Waals surface area contributed by atoms with Crippen molar-refractivity contribution in [3.63, 3.8) is 0 Å². The fourth-order valence-corrected chi connectivity index (χ4v) is 2.00. The fraction of sp³-hybridized carbons (Fsp3) is 0. The zero-order valence-electron chi connectivity index (χ0n) is 8.78. The second-order valence-electron chi connectivity index (χ2n) is 3.49. The topological polar surface area (TPSA) is 80.5 Å². The summed E-state index contributed by atoms with van der Waals surface area (Å²) < 4.78 is 22.1. The maximum absolute atomic E-state index is 11.9. The van der Waals surface area contributed by atoms with Gasteiger partial charge in [-0.2, -0.15) is 0 Å². The maximum Gasteiger partial charge on any atom is 0.261 e. The molecule has 0 aliphatic carbocycles. The van der Waals surface area contributed by atoms with Crippen LogP contribution in [-0.2, 0) is 9.84 Å². The lowest BCUT2D eigenvalue weighted by Gasteiger charge is -2.15. The lowest BCUT2D eigenvalue weighted by atomic mass is 10.2. The molecular formula is C11H10N2O3S. The van der Waals surface area contributed by atoms with Crippen molar-refractivity contribution in [3.8, 4) is 0 Å². The first-order valence-corrected chi connectivity index (χ1v) is 6.39. The summed E-state index contributed by atoms with van der Waals surface area (Å²) in [5, 5.41) is 1.95. The molecule has 5 nitrogen and oxygen atoms in total. The van der Waals surface area contributed by atoms with Gasteiger partial charge in [-0.25, -0.2) is 8.42 Å². The van der Waals surface area contributed by atoms with E-state index < -0.39 is 9.84 Å². The number of amides is 1. The molecule has 0 saturated carbocycles. The molecule has 2 rings (SSSR count). The third kappa shape index (κ3) is 2.54. The molecule has 0 radical (unpaired) electrons. The first-order valence-electron chi connectivity index (χ1n) is 4.78. The van der Waals surface area contributed by atoms with Gasteiger partial charge in [0.05, 0.1) is 10.8 Å². The van der Waals surface area contributed by atoms with E-state index in [0.717, 1.165) is 10.8 Å². The number of hydrogen-bond acceptors (Lipinski definition) is 4. The summed E-state index contributed by atoms with van der Waals surface area (Å²) in [6.45, 7) is 0. The normalized spacial score (nSPS) is 17.1. The second-order valence-corrected chi connectivity index (χ2v) is 5.22. The summed E-state index contributed by atoms with van der Waals surface area (Å²) in [5.41, 5.74) is 6.51. The van der Waals surface area contributed by atoms with Crippen molar-refractivity contribution in [2.24, 2.45) is 0 Å². The van der Waals surface area contributed by atoms with Gasteiger partial charge in [-0.1, -0.05) is 0 Å². The van der Waals surface area contributed by atoms with Gasteiger partial charge in [0.15, 0.2) is 9.84 Å². The number of carbonyl (C=O) groups excluding carboxylic acids is 1. The minimum atomic E-state index is -3.31. The Morgan fingerprint density at radius 2 is 1.59 bits per heavy atom. The van der Waals surface area contributed by atoms with Crippen LogP contribution in [0.2, 0.25) is 0 Å². The van der Waals surface area contributed by atoms with E-state index in [9.17, 15) is 13.2 Å². The van der Waals surface area contributed by atoms with Gasteiger partial charge in [0, 0.05) is 23.7 Å². The Morgan fingerprint density at radius 1 is 1.06 bits per heavy atom. The molecule has 2 N–H and O–H groups in total. The van der Waals surface area contributed by atoms with Crippen LogP contribution in [0.5, 0.6) is 0 Å². The smallest absolute Gasteiger partial charge is 0.261 e. The highest BCUT2D eigenvalue weighted by Gasteiger charge is 2.15. The van der Waals surface area contributed by atoms with E-state index >= 15 is 0 Å². The number of rotatable bonds is 1. The van der Waals surface area contributed by atoms with Crippen LogP contribution in [0, 0.1) is 0 Å². The molecule has 1 heterocycles. The van der Waals surface area contributed by atoms with Crippen LogP contribution < -0.4 is 5.73 Å². The Kier molecular flexibility index (Phi) is 2.72. The summed E-state index contributed by atoms with van der Waals surface area (Å²) >= 11 is 0. The summed E-state index contributed by atoms with van der Waals surface area (Å²) in [6.07, 6.45) is 2.43. The first kappa shape index (κ1) is 11.4. The van der Waals surface area contributed by atoms with E-state index in [-0.39, 0.29) is 5.91 Å². The predicted molar refractivity (Wildman–Crippen MR) is 64.2 cm³/mol. The van der Waals surface area contributed by atoms with Crippen molar-refractivity contribution in [1.29, 1.82) is 0 Å². The van der Waals surface area contributed by atoms with Crippen molar-refractivity contribution in [2.75, 3.05) is 5.73 Å². The zero-order chi connectivity index (χ0) is 12.5. The highest BCUT2D eigenvalue weighted by atomic mass is 32.2. The largest absolute Gasteiger partial charge is 0.399 e. The molecule has 0 fully saturated rings. The van der Waals surface area contributed by atoms with E-state index in [1.54, 1.807) is 24.3 Å². The molecule has 0 aromatic heterocycles. The standard InChI is InChI=1S/C11H10N2O3S/c12-10-3-1-9(2-4-10)11(14)13-5-7-17(15,16)8-6-13/h1-8H,12H2. The number of sulfone groups is 1. The number of hydrogen-bond donors (Lipinski definition) is 1. The Labute approximate surface area is 98.8 Å². The molecular weight excluding hydrogens is 240 g/mol. The SMILES string of the molecule is Nc1ccc(C(=O)N2C=CS(=O)(=O)C=C2)cc1. The van der Waals surface area contributed by atoms with Crippen LogP contribution in [0.25, 0.3) is 0 Å². The minimum Gasteiger partial charge on any atom is -0.399 e. The van der Waals surface area contributed by atoms with E-state index in [1.807, 2.05) is 0 Å². The molecule has 1 aromatic rings. The monoisotopic (exact) mass is 250 g/mol. The van der Waals surface area contributed by atoms with Crippen molar-refractivity contribution < 1.29 is 13.2 Å². The lowest BCUT2D eigenvalue weighted by Crippen LogP contribution is -2.22. The van der Waals surface area contributed by atoms with Crippen LogP contribution in [-0.4, -0.2) is 19.2 Å². The molecule has 1 aliphatic rings. The highest BCUT2D eigenvalue weighted by Crippen LogP contribution is 2.13. The number of benzene rings is 1. The van der Waals surface area contributed by atoms with Crippen LogP contribution in [0.4, 0.5) is 5.69 Å². The average Bonchev–Trinajstić information content (AvgIpc) is 2.29. The molecule has 6 heteroatoms. The summed E-state index contributed by atoms with van der Waals surface area (Å²) in [4.78, 5) is 13.1. The number of carbonyl (C=O) groups is 1. The fourth-order valence-electron chi connectivity index (χ4n) is 1.31. The maximum atomic E-state index is 11.9. The van der Waals surface area contributed by atoms with Crippen molar-refractivity contribution in [3.05, 3.63) is 53.0 Å². The molecule has 0 bridgehead atoms. The molecule has 0 saturated heterocycles. The van der Waals surface area contributed by atoms with Gasteiger partial charge in [-0.15, -0.1) is 0 Å². The van der Waals surface area contributed by atoms with E-state index in [0.29, 0.717) is 11.3 Å². The van der Waals surface area contributed by atoms with Crippen molar-refractivity contribution in [1.82, 2.24) is 4.90 Å². The van der Waals surface area contributed by atoms with Gasteiger partial charge in [0.1, 0.15) is 0 Å². The number of nitrogens with two attached hydrogens (primary N) is 1. The van der Waals surface area contributed by atoms with Gasteiger partial charge < -0.3 is 5.73 Å². The first-order chi connectivity index (χ1) is 7.98. The third-order valence-electron chi connectivity index (χ3n) is 2.21. The summed E-state index contributed by atoms with van der Waals surface area (Å²) in [7, 11) is -3.31. The quantitative estimate of drug-likeness (QED) is 0.756. The van der Waals surface area contributed by atoms with Crippen LogP contribution in [0.15, 0.2) is 47.5 Å². The molecule has 1 amide bonds. The van der Waals surface area contributed by atoms with E-state index in [1.165, 1.54) is 17.3 Å². The van der Waals surface area contributed by atoms with Gasteiger partial charge in [-0.3, -0.25) is 9.69 Å². The molecule has 17 heavy (non-hydrogen) atoms. The second kappa shape index (κ2) is 4.06. The Morgan fingerprint density at radius 3 is 2.12 bits per heavy atom. The van der Waals surface area contributed by atoms with Gasteiger partial charge in [0.2, 0.25) is 0 Å². The average molecular weight is 250 g/mol. The van der Waals surface area contributed by atoms with Crippen molar-refractivity contribution in [2.45, 2.75) is 0 Å². The number of anilines is 1. The summed E-state index contributed by atoms with van der Waals surface area (Å²) in [5.74, 6) is -0.313. The molecule has 1 aromatic carbocycles. The predicted octanol–water partition coefficient (Wildman–Crippen LogP) is 1.08. The Hall–Kier alpha value is -2.08. The van der Waals surface area contributed by atoms with E-state index in [4.69, 9.17) is 5.73 Å². The molecule has 88 valence electrons. The van der Waals surface area contributed by atoms with Crippen LogP contribution in [0.1, 0.15) is 10.4 Å². The molecule has 0 spiro atoms. The third-order valence-corrected chi connectivity index (χ3v) is 3.22. The Balaban J connectivity index is 2.23. The van der Waals surface area contributed by atoms with Crippen LogP contribution in [0.3, 0.4) is 0 Å². The van der Waals surface area contributed by atoms with Gasteiger partial charge >= 0.3 is 0 Å². The highest BCUT2D eigenvalue weighted by molar-refractivity contribution is 7.97. The van der Waals surface area contributed by atoms with Crippen LogP contribution >= 0.6 is 0 Å². The molecule has 1 aliphatic heterocycles. The van der Waals surface area contributed by atoms with E-state index in [2.05, 4.69) is 0 Å². The number of nitrogens with zero attached hydrogens (tertiary/aromatic N) is 1. The Bertz CT molecular complexity index is 580. The van der Waals surface area contributed by atoms with Gasteiger partial charge in [0.25, 0.3) is 5.91 Å². The summed E-state index contributed by atoms with van der Waals surface area (Å²) in [6, 6.07) is 6.40. The number of nitrogen functional groups attached to an aromatic ring is 1. The zero-order valence-corrected chi connectivity index (χ0v) is 9.59. The minimum absolute atomic E-state index is 0.313. The van der Waals surface area contributed by atoms with Gasteiger partial charge in [-0.05, 0) is 24.3 Å². The molecule has 0 atom stereocenters. The molecule has 0 unspecified atom stereocenters. The van der Waals surface area contributed by atoms with Crippen molar-refractivity contribution >= 4 is 21.4 Å².